The normalized spacial score (nSPS) is 12.8. The summed E-state index contributed by atoms with van der Waals surface area (Å²) in [4.78, 5) is 10.4. The molecule has 1 aromatic heterocycles. The van der Waals surface area contributed by atoms with Crippen molar-refractivity contribution in [2.45, 2.75) is 5.41 Å². The molecule has 0 fully saturated rings. The van der Waals surface area contributed by atoms with Gasteiger partial charge < -0.3 is 4.74 Å². The molecule has 0 saturated carbocycles. The summed E-state index contributed by atoms with van der Waals surface area (Å²) < 4.78 is 6.98. The van der Waals surface area contributed by atoms with Gasteiger partial charge in [0.1, 0.15) is 11.5 Å². The first-order valence-electron chi connectivity index (χ1n) is 21.1. The summed E-state index contributed by atoms with van der Waals surface area (Å²) in [5, 5.41) is 0. The van der Waals surface area contributed by atoms with E-state index in [4.69, 9.17) is 14.7 Å². The molecule has 1 spiro atoms. The summed E-state index contributed by atoms with van der Waals surface area (Å²) >= 11 is 0. The predicted molar refractivity (Wildman–Crippen MR) is 252 cm³/mol. The summed E-state index contributed by atoms with van der Waals surface area (Å²) in [5.74, 6) is 2.44. The number of hydrogen-bond donors (Lipinski definition) is 0. The van der Waals surface area contributed by atoms with Crippen LogP contribution in [0.4, 0.5) is 0 Å². The number of aromatic nitrogens is 2. The zero-order chi connectivity index (χ0) is 41.0. The Labute approximate surface area is 361 Å². The van der Waals surface area contributed by atoms with Gasteiger partial charge in [0.2, 0.25) is 0 Å². The second-order valence-corrected chi connectivity index (χ2v) is 16.0. The Kier molecular flexibility index (Phi) is 8.39. The van der Waals surface area contributed by atoms with Crippen LogP contribution in [-0.2, 0) is 5.41 Å². The lowest BCUT2D eigenvalue weighted by molar-refractivity contribution is 0.438. The van der Waals surface area contributed by atoms with Crippen LogP contribution in [0.3, 0.4) is 0 Å². The van der Waals surface area contributed by atoms with E-state index in [1.54, 1.807) is 0 Å². The van der Waals surface area contributed by atoms with Crippen molar-refractivity contribution in [2.24, 2.45) is 0 Å². The van der Waals surface area contributed by atoms with E-state index in [1.165, 1.54) is 38.9 Å². The van der Waals surface area contributed by atoms with Crippen LogP contribution >= 0.6 is 0 Å². The highest BCUT2D eigenvalue weighted by molar-refractivity contribution is 5.90. The van der Waals surface area contributed by atoms with Crippen molar-refractivity contribution in [3.05, 3.63) is 253 Å². The maximum absolute atomic E-state index is 6.98. The molecule has 0 N–H and O–H groups in total. The van der Waals surface area contributed by atoms with Gasteiger partial charge in [-0.1, -0.05) is 218 Å². The Morgan fingerprint density at radius 3 is 1.26 bits per heavy atom. The molecule has 2 heterocycles. The molecule has 10 aromatic rings. The fourth-order valence-electron chi connectivity index (χ4n) is 9.70. The molecule has 290 valence electrons. The van der Waals surface area contributed by atoms with Crippen LogP contribution in [0.15, 0.2) is 231 Å². The van der Waals surface area contributed by atoms with Crippen LogP contribution in [0.2, 0.25) is 0 Å². The minimum atomic E-state index is -0.514. The third-order valence-corrected chi connectivity index (χ3v) is 12.6. The first-order valence-corrected chi connectivity index (χ1v) is 21.1. The largest absolute Gasteiger partial charge is 0.456 e. The molecule has 0 unspecified atom stereocenters. The van der Waals surface area contributed by atoms with E-state index in [1.807, 2.05) is 12.1 Å². The van der Waals surface area contributed by atoms with Crippen LogP contribution in [0.1, 0.15) is 22.3 Å². The molecule has 2 aliphatic rings. The van der Waals surface area contributed by atoms with Crippen molar-refractivity contribution in [3.8, 4) is 89.9 Å². The van der Waals surface area contributed by atoms with Crippen LogP contribution in [0.5, 0.6) is 11.5 Å². The van der Waals surface area contributed by atoms with E-state index in [9.17, 15) is 0 Å². The average Bonchev–Trinajstić information content (AvgIpc) is 3.65. The van der Waals surface area contributed by atoms with E-state index < -0.39 is 5.41 Å². The van der Waals surface area contributed by atoms with Gasteiger partial charge in [0, 0.05) is 33.4 Å². The highest BCUT2D eigenvalue weighted by Crippen LogP contribution is 2.63. The Balaban J connectivity index is 0.962. The predicted octanol–water partition coefficient (Wildman–Crippen LogP) is 14.9. The number of rotatable bonds is 6. The van der Waals surface area contributed by atoms with Crippen molar-refractivity contribution < 1.29 is 4.74 Å². The second-order valence-electron chi connectivity index (χ2n) is 16.0. The van der Waals surface area contributed by atoms with Gasteiger partial charge in [-0.15, -0.1) is 0 Å². The first-order chi connectivity index (χ1) is 30.7. The molecule has 1 aliphatic heterocycles. The van der Waals surface area contributed by atoms with Gasteiger partial charge >= 0.3 is 0 Å². The monoisotopic (exact) mass is 790 g/mol. The topological polar surface area (TPSA) is 35.0 Å². The Bertz CT molecular complexity index is 3140. The number of hydrogen-bond acceptors (Lipinski definition) is 3. The van der Waals surface area contributed by atoms with Crippen LogP contribution in [-0.4, -0.2) is 9.97 Å². The second kappa shape index (κ2) is 14.5. The van der Waals surface area contributed by atoms with E-state index in [2.05, 4.69) is 218 Å². The fraction of sp³-hybridized carbons (Fsp3) is 0.0169. The summed E-state index contributed by atoms with van der Waals surface area (Å²) in [6.07, 6.45) is 0. The standard InChI is InChI=1S/C59H38N2O/c1-3-14-39(15-4-1)41-26-32-44(33-27-41)54-38-55(61-58(60-54)46-36-28-42(29-37-46)40-16-5-2-6-17-40)45-34-30-43(31-35-45)47-20-13-24-53-57(47)62-56-25-12-11-23-52(56)59(53)50-21-9-7-18-48(50)49-19-8-10-22-51(49)59/h1-38H. The number of benzene rings is 9. The summed E-state index contributed by atoms with van der Waals surface area (Å²) in [5.41, 5.74) is 18.4. The Morgan fingerprint density at radius 2 is 0.694 bits per heavy atom. The lowest BCUT2D eigenvalue weighted by Gasteiger charge is -2.40. The van der Waals surface area contributed by atoms with Crippen molar-refractivity contribution in [1.29, 1.82) is 0 Å². The molecule has 9 aromatic carbocycles. The first kappa shape index (κ1) is 35.8. The minimum absolute atomic E-state index is 0.514. The van der Waals surface area contributed by atoms with Crippen LogP contribution < -0.4 is 4.74 Å². The van der Waals surface area contributed by atoms with Gasteiger partial charge in [0.15, 0.2) is 5.82 Å². The van der Waals surface area contributed by atoms with E-state index in [-0.39, 0.29) is 0 Å². The summed E-state index contributed by atoms with van der Waals surface area (Å²) in [6.45, 7) is 0. The van der Waals surface area contributed by atoms with E-state index >= 15 is 0 Å². The summed E-state index contributed by atoms with van der Waals surface area (Å²) in [6, 6.07) is 81.8. The Hall–Kier alpha value is -8.14. The van der Waals surface area contributed by atoms with Crippen LogP contribution in [0, 0.1) is 0 Å². The lowest BCUT2D eigenvalue weighted by Crippen LogP contribution is -2.32. The van der Waals surface area contributed by atoms with Crippen molar-refractivity contribution in [2.75, 3.05) is 0 Å². The van der Waals surface area contributed by atoms with Gasteiger partial charge in [0.25, 0.3) is 0 Å². The SMILES string of the molecule is c1ccc(-c2ccc(-c3cc(-c4ccc(-c5cccc6c5Oc5ccccc5C65c6ccccc6-c6ccccc65)cc4)nc(-c4ccc(-c5ccccc5)cc4)n3)cc2)cc1. The number of nitrogens with zero attached hydrogens (tertiary/aromatic N) is 2. The zero-order valence-electron chi connectivity index (χ0n) is 33.7. The molecule has 0 bridgehead atoms. The van der Waals surface area contributed by atoms with Gasteiger partial charge in [0.05, 0.1) is 16.8 Å². The third kappa shape index (κ3) is 5.74. The van der Waals surface area contributed by atoms with Gasteiger partial charge in [-0.05, 0) is 62.2 Å². The number of para-hydroxylation sites is 2. The molecule has 3 nitrogen and oxygen atoms in total. The highest BCUT2D eigenvalue weighted by atomic mass is 16.5. The molecule has 0 atom stereocenters. The quantitative estimate of drug-likeness (QED) is 0.168. The maximum atomic E-state index is 6.98. The van der Waals surface area contributed by atoms with Gasteiger partial charge in [-0.25, -0.2) is 9.97 Å². The van der Waals surface area contributed by atoms with Gasteiger partial charge in [-0.3, -0.25) is 0 Å². The lowest BCUT2D eigenvalue weighted by atomic mass is 9.65. The number of ether oxygens (including phenoxy) is 1. The molecule has 62 heavy (non-hydrogen) atoms. The molecular weight excluding hydrogens is 753 g/mol. The number of fused-ring (bicyclic) bond motifs is 9. The molecule has 1 aliphatic carbocycles. The molecule has 12 rings (SSSR count). The maximum Gasteiger partial charge on any atom is 0.160 e. The van der Waals surface area contributed by atoms with Gasteiger partial charge in [-0.2, -0.15) is 0 Å². The molecular formula is C59H38N2O. The smallest absolute Gasteiger partial charge is 0.160 e. The fourth-order valence-corrected chi connectivity index (χ4v) is 9.70. The van der Waals surface area contributed by atoms with Crippen molar-refractivity contribution in [1.82, 2.24) is 9.97 Å². The van der Waals surface area contributed by atoms with Crippen molar-refractivity contribution >= 4 is 0 Å². The van der Waals surface area contributed by atoms with Crippen LogP contribution in [0.25, 0.3) is 78.4 Å². The molecule has 3 heteroatoms. The van der Waals surface area contributed by atoms with E-state index in [0.717, 1.165) is 67.4 Å². The van der Waals surface area contributed by atoms with Crippen molar-refractivity contribution in [3.63, 3.8) is 0 Å². The molecule has 0 amide bonds. The third-order valence-electron chi connectivity index (χ3n) is 12.6. The highest BCUT2D eigenvalue weighted by Gasteiger charge is 2.51. The summed E-state index contributed by atoms with van der Waals surface area (Å²) in [7, 11) is 0. The molecule has 0 radical (unpaired) electrons. The molecule has 0 saturated heterocycles. The zero-order valence-corrected chi connectivity index (χ0v) is 33.7. The Morgan fingerprint density at radius 1 is 0.290 bits per heavy atom. The van der Waals surface area contributed by atoms with E-state index in [0.29, 0.717) is 5.82 Å². The average molecular weight is 791 g/mol. The minimum Gasteiger partial charge on any atom is -0.456 e.